The number of alkyl halides is 2. The van der Waals surface area contributed by atoms with Crippen LogP contribution in [0.25, 0.3) is 0 Å². The summed E-state index contributed by atoms with van der Waals surface area (Å²) in [5, 5.41) is 9.74. The predicted molar refractivity (Wildman–Crippen MR) is 104 cm³/mol. The van der Waals surface area contributed by atoms with E-state index in [1.54, 1.807) is 12.1 Å². The fourth-order valence-corrected chi connectivity index (χ4v) is 3.70. The molecule has 1 fully saturated rings. The molecule has 1 heterocycles. The first-order chi connectivity index (χ1) is 13.5. The van der Waals surface area contributed by atoms with Gasteiger partial charge in [-0.15, -0.1) is 0 Å². The molecule has 2 aromatic carbocycles. The van der Waals surface area contributed by atoms with Crippen molar-refractivity contribution in [2.24, 2.45) is 0 Å². The topological polar surface area (TPSA) is 41.9 Å². The number of nitrogens with zero attached hydrogens (tertiary/aromatic N) is 1. The Morgan fingerprint density at radius 1 is 1.14 bits per heavy atom. The predicted octanol–water partition coefficient (Wildman–Crippen LogP) is 3.91. The van der Waals surface area contributed by atoms with Crippen molar-refractivity contribution in [1.82, 2.24) is 4.90 Å². The second-order valence-corrected chi connectivity index (χ2v) is 7.25. The van der Waals surface area contributed by atoms with Crippen LogP contribution in [0.15, 0.2) is 48.5 Å². The van der Waals surface area contributed by atoms with Crippen LogP contribution in [0.4, 0.5) is 8.78 Å². The zero-order chi connectivity index (χ0) is 19.9. The summed E-state index contributed by atoms with van der Waals surface area (Å²) in [7, 11) is 2.03. The molecular weight excluding hydrogens is 364 g/mol. The molecule has 2 atom stereocenters. The number of halogens is 2. The van der Waals surface area contributed by atoms with Gasteiger partial charge in [-0.1, -0.05) is 30.3 Å². The molecule has 1 saturated heterocycles. The minimum absolute atomic E-state index is 0.180. The summed E-state index contributed by atoms with van der Waals surface area (Å²) in [6.45, 7) is -1.50. The number of benzene rings is 2. The van der Waals surface area contributed by atoms with E-state index < -0.39 is 6.61 Å². The van der Waals surface area contributed by atoms with Gasteiger partial charge < -0.3 is 19.5 Å². The lowest BCUT2D eigenvalue weighted by molar-refractivity contribution is -0.0498. The molecule has 1 aliphatic heterocycles. The molecule has 2 aromatic rings. The molecule has 152 valence electrons. The Morgan fingerprint density at radius 3 is 2.71 bits per heavy atom. The van der Waals surface area contributed by atoms with Crippen LogP contribution in [0.5, 0.6) is 11.5 Å². The van der Waals surface area contributed by atoms with Gasteiger partial charge in [0.15, 0.2) is 0 Å². The third kappa shape index (κ3) is 5.91. The number of rotatable bonds is 9. The highest BCUT2D eigenvalue weighted by molar-refractivity contribution is 5.35. The van der Waals surface area contributed by atoms with Crippen LogP contribution in [0, 0.1) is 0 Å². The molecule has 0 radical (unpaired) electrons. The van der Waals surface area contributed by atoms with Crippen LogP contribution in [0.2, 0.25) is 0 Å². The summed E-state index contributed by atoms with van der Waals surface area (Å²) in [5.74, 6) is 1.03. The molecule has 0 bridgehead atoms. The number of β-amino-alcohol motifs (C(OH)–C–C–N with tert-alkyl or cyclic N) is 1. The summed E-state index contributed by atoms with van der Waals surface area (Å²) in [6, 6.07) is 15.1. The van der Waals surface area contributed by atoms with Gasteiger partial charge in [-0.2, -0.15) is 8.78 Å². The lowest BCUT2D eigenvalue weighted by Crippen LogP contribution is -2.26. The van der Waals surface area contributed by atoms with Crippen LogP contribution in [-0.4, -0.2) is 49.0 Å². The van der Waals surface area contributed by atoms with E-state index in [2.05, 4.69) is 9.64 Å². The van der Waals surface area contributed by atoms with E-state index in [0.29, 0.717) is 19.1 Å². The summed E-state index contributed by atoms with van der Waals surface area (Å²) in [6.07, 6.45) is 2.87. The summed E-state index contributed by atoms with van der Waals surface area (Å²) < 4.78 is 35.2. The van der Waals surface area contributed by atoms with Crippen molar-refractivity contribution in [2.45, 2.75) is 44.4 Å². The Morgan fingerprint density at radius 2 is 1.96 bits per heavy atom. The van der Waals surface area contributed by atoms with Gasteiger partial charge in [-0.05, 0) is 62.1 Å². The highest BCUT2D eigenvalue weighted by atomic mass is 19.3. The Hall–Kier alpha value is -2.18. The molecule has 0 saturated carbocycles. The lowest BCUT2D eigenvalue weighted by Gasteiger charge is -2.19. The first-order valence-electron chi connectivity index (χ1n) is 9.64. The van der Waals surface area contributed by atoms with Gasteiger partial charge in [-0.25, -0.2) is 0 Å². The van der Waals surface area contributed by atoms with Crippen LogP contribution in [0.3, 0.4) is 0 Å². The average molecular weight is 391 g/mol. The summed E-state index contributed by atoms with van der Waals surface area (Å²) in [4.78, 5) is 2.17. The van der Waals surface area contributed by atoms with E-state index in [9.17, 15) is 13.9 Å². The zero-order valence-corrected chi connectivity index (χ0v) is 16.1. The second-order valence-electron chi connectivity index (χ2n) is 7.25. The molecule has 28 heavy (non-hydrogen) atoms. The number of aryl methyl sites for hydroxylation is 2. The molecule has 1 N–H and O–H groups in total. The molecule has 0 amide bonds. The molecule has 0 spiro atoms. The van der Waals surface area contributed by atoms with Crippen molar-refractivity contribution in [3.05, 3.63) is 59.7 Å². The molecule has 0 unspecified atom stereocenters. The third-order valence-corrected chi connectivity index (χ3v) is 5.15. The normalized spacial score (nSPS) is 19.9. The van der Waals surface area contributed by atoms with E-state index >= 15 is 0 Å². The molecular formula is C22H27F2NO3. The Kier molecular flexibility index (Phi) is 7.23. The fraction of sp³-hybridized carbons (Fsp3) is 0.455. The number of aliphatic hydroxyl groups is 1. The average Bonchev–Trinajstić information content (AvgIpc) is 2.98. The summed E-state index contributed by atoms with van der Waals surface area (Å²) >= 11 is 0. The molecule has 4 nitrogen and oxygen atoms in total. The highest BCUT2D eigenvalue weighted by Gasteiger charge is 2.27. The second kappa shape index (κ2) is 9.85. The van der Waals surface area contributed by atoms with E-state index in [1.165, 1.54) is 6.07 Å². The van der Waals surface area contributed by atoms with Crippen LogP contribution >= 0.6 is 0 Å². The summed E-state index contributed by atoms with van der Waals surface area (Å²) in [5.41, 5.74) is 2.03. The molecule has 3 rings (SSSR count). The number of hydrogen-bond donors (Lipinski definition) is 1. The van der Waals surface area contributed by atoms with E-state index in [-0.39, 0.29) is 11.9 Å². The van der Waals surface area contributed by atoms with Crippen molar-refractivity contribution in [2.75, 3.05) is 20.2 Å². The first-order valence-corrected chi connectivity index (χ1v) is 9.64. The lowest BCUT2D eigenvalue weighted by atomic mass is 10.0. The maximum absolute atomic E-state index is 12.4. The number of aliphatic hydroxyl groups excluding tert-OH is 1. The van der Waals surface area contributed by atoms with Crippen LogP contribution in [0.1, 0.15) is 24.0 Å². The minimum Gasteiger partial charge on any atom is -0.493 e. The standard InChI is InChI=1S/C22H27F2NO3/c1-25-15-19(26)14-18(25)11-12-27-21-8-3-2-6-17(21)10-9-16-5-4-7-20(13-16)28-22(23)24/h2-8,13,18-19,22,26H,9-12,14-15H2,1H3/t18-,19-/m1/s1. The molecule has 0 aliphatic carbocycles. The van der Waals surface area contributed by atoms with E-state index in [4.69, 9.17) is 4.74 Å². The van der Waals surface area contributed by atoms with Crippen molar-refractivity contribution < 1.29 is 23.4 Å². The Bertz CT molecular complexity index is 756. The van der Waals surface area contributed by atoms with Gasteiger partial charge in [-0.3, -0.25) is 0 Å². The van der Waals surface area contributed by atoms with Gasteiger partial charge in [0.25, 0.3) is 0 Å². The fourth-order valence-electron chi connectivity index (χ4n) is 3.70. The number of likely N-dealkylation sites (N-methyl/N-ethyl adjacent to an activating group) is 1. The van der Waals surface area contributed by atoms with Crippen molar-refractivity contribution in [3.63, 3.8) is 0 Å². The van der Waals surface area contributed by atoms with E-state index in [0.717, 1.165) is 42.7 Å². The SMILES string of the molecule is CN1C[C@H](O)C[C@H]1CCOc1ccccc1CCc1cccc(OC(F)F)c1. The van der Waals surface area contributed by atoms with Crippen LogP contribution < -0.4 is 9.47 Å². The van der Waals surface area contributed by atoms with Gasteiger partial charge in [0.05, 0.1) is 12.7 Å². The Balaban J connectivity index is 1.54. The van der Waals surface area contributed by atoms with Gasteiger partial charge in [0.1, 0.15) is 11.5 Å². The number of ether oxygens (including phenoxy) is 2. The number of para-hydroxylation sites is 1. The van der Waals surface area contributed by atoms with Gasteiger partial charge >= 0.3 is 6.61 Å². The molecule has 0 aromatic heterocycles. The maximum Gasteiger partial charge on any atom is 0.387 e. The molecule has 6 heteroatoms. The largest absolute Gasteiger partial charge is 0.493 e. The van der Waals surface area contributed by atoms with Crippen molar-refractivity contribution in [1.29, 1.82) is 0 Å². The number of hydrogen-bond acceptors (Lipinski definition) is 4. The first kappa shape index (κ1) is 20.6. The van der Waals surface area contributed by atoms with Crippen molar-refractivity contribution >= 4 is 0 Å². The zero-order valence-electron chi connectivity index (χ0n) is 16.1. The third-order valence-electron chi connectivity index (χ3n) is 5.15. The Labute approximate surface area is 164 Å². The minimum atomic E-state index is -2.82. The monoisotopic (exact) mass is 391 g/mol. The number of likely N-dealkylation sites (tertiary alicyclic amines) is 1. The highest BCUT2D eigenvalue weighted by Crippen LogP contribution is 2.24. The van der Waals surface area contributed by atoms with Crippen molar-refractivity contribution in [3.8, 4) is 11.5 Å². The smallest absolute Gasteiger partial charge is 0.387 e. The van der Waals surface area contributed by atoms with Gasteiger partial charge in [0.2, 0.25) is 0 Å². The quantitative estimate of drug-likeness (QED) is 0.704. The van der Waals surface area contributed by atoms with Gasteiger partial charge in [0, 0.05) is 12.6 Å². The van der Waals surface area contributed by atoms with Crippen LogP contribution in [-0.2, 0) is 12.8 Å². The van der Waals surface area contributed by atoms with E-state index in [1.807, 2.05) is 37.4 Å². The molecule has 1 aliphatic rings. The maximum atomic E-state index is 12.4.